The van der Waals surface area contributed by atoms with Gasteiger partial charge in [0.25, 0.3) is 0 Å². The first-order valence-electron chi connectivity index (χ1n) is 4.14. The van der Waals surface area contributed by atoms with Gasteiger partial charge in [0, 0.05) is 0 Å². The highest BCUT2D eigenvalue weighted by molar-refractivity contribution is 7.99. The summed E-state index contributed by atoms with van der Waals surface area (Å²) >= 11 is 2.06. The largest absolute Gasteiger partial charge is 0.161 e. The van der Waals surface area contributed by atoms with E-state index in [2.05, 4.69) is 32.5 Å². The van der Waals surface area contributed by atoms with Crippen LogP contribution >= 0.6 is 11.8 Å². The minimum absolute atomic E-state index is 1.25. The second-order valence-corrected chi connectivity index (χ2v) is 4.07. The Morgan fingerprint density at radius 1 is 1.20 bits per heavy atom. The molecule has 0 N–H and O–H groups in total. The number of thioether (sulfide) groups is 1. The van der Waals surface area contributed by atoms with E-state index in [1.54, 1.807) is 5.92 Å². The molecule has 1 heteroatoms. The number of rotatable bonds is 6. The molecule has 0 aliphatic carbocycles. The van der Waals surface area contributed by atoms with Crippen LogP contribution in [-0.4, -0.2) is 11.5 Å². The summed E-state index contributed by atoms with van der Waals surface area (Å²) in [7, 11) is 0. The SMILES string of the molecule is CCCCCSC[C](C)C. The predicted molar refractivity (Wildman–Crippen MR) is 51.4 cm³/mol. The predicted octanol–water partition coefficient (Wildman–Crippen LogP) is 3.52. The van der Waals surface area contributed by atoms with E-state index in [-0.39, 0.29) is 0 Å². The normalized spacial score (nSPS) is 10.8. The Balaban J connectivity index is 2.77. The number of unbranched alkanes of at least 4 members (excludes halogenated alkanes) is 2. The maximum Gasteiger partial charge on any atom is -0.00107 e. The Hall–Kier alpha value is 0.350. The first-order chi connectivity index (χ1) is 4.77. The standard InChI is InChI=1S/C9H19S/c1-4-5-6-7-10-8-9(2)3/h4-8H2,1-3H3. The van der Waals surface area contributed by atoms with Gasteiger partial charge in [-0.15, -0.1) is 0 Å². The Morgan fingerprint density at radius 3 is 2.40 bits per heavy atom. The van der Waals surface area contributed by atoms with Crippen molar-refractivity contribution in [1.29, 1.82) is 0 Å². The number of hydrogen-bond acceptors (Lipinski definition) is 1. The summed E-state index contributed by atoms with van der Waals surface area (Å²) < 4.78 is 0. The summed E-state index contributed by atoms with van der Waals surface area (Å²) in [5.41, 5.74) is 0. The second-order valence-electron chi connectivity index (χ2n) is 2.97. The first-order valence-corrected chi connectivity index (χ1v) is 5.29. The van der Waals surface area contributed by atoms with Gasteiger partial charge in [0.2, 0.25) is 0 Å². The molecule has 0 nitrogen and oxygen atoms in total. The molecule has 1 radical (unpaired) electrons. The zero-order valence-electron chi connectivity index (χ0n) is 7.44. The van der Waals surface area contributed by atoms with Crippen molar-refractivity contribution in [3.05, 3.63) is 5.92 Å². The highest BCUT2D eigenvalue weighted by Gasteiger charge is 1.93. The highest BCUT2D eigenvalue weighted by atomic mass is 32.2. The van der Waals surface area contributed by atoms with E-state index in [0.29, 0.717) is 0 Å². The van der Waals surface area contributed by atoms with Crippen LogP contribution in [-0.2, 0) is 0 Å². The van der Waals surface area contributed by atoms with Crippen LogP contribution in [0.4, 0.5) is 0 Å². The van der Waals surface area contributed by atoms with E-state index in [1.807, 2.05) is 0 Å². The Morgan fingerprint density at radius 2 is 1.90 bits per heavy atom. The second kappa shape index (κ2) is 7.46. The fourth-order valence-electron chi connectivity index (χ4n) is 0.730. The molecule has 61 valence electrons. The van der Waals surface area contributed by atoms with Crippen molar-refractivity contribution in [3.63, 3.8) is 0 Å². The molecule has 0 aliphatic heterocycles. The third-order valence-electron chi connectivity index (χ3n) is 1.28. The summed E-state index contributed by atoms with van der Waals surface area (Å²) in [5, 5.41) is 0. The molecule has 0 aromatic carbocycles. The third kappa shape index (κ3) is 8.35. The molecule has 0 saturated heterocycles. The van der Waals surface area contributed by atoms with E-state index in [4.69, 9.17) is 0 Å². The molecule has 0 heterocycles. The molecule has 0 aromatic rings. The van der Waals surface area contributed by atoms with Crippen molar-refractivity contribution in [1.82, 2.24) is 0 Å². The molecular weight excluding hydrogens is 140 g/mol. The fourth-order valence-corrected chi connectivity index (χ4v) is 1.69. The molecule has 0 aromatic heterocycles. The van der Waals surface area contributed by atoms with E-state index in [0.717, 1.165) is 0 Å². The van der Waals surface area contributed by atoms with Gasteiger partial charge in [-0.05, 0) is 23.8 Å². The molecule has 10 heavy (non-hydrogen) atoms. The molecule has 0 unspecified atom stereocenters. The van der Waals surface area contributed by atoms with Crippen LogP contribution in [0.3, 0.4) is 0 Å². The summed E-state index contributed by atoms with van der Waals surface area (Å²) in [6.07, 6.45) is 4.14. The molecule has 0 spiro atoms. The van der Waals surface area contributed by atoms with E-state index >= 15 is 0 Å². The van der Waals surface area contributed by atoms with Gasteiger partial charge in [-0.2, -0.15) is 11.8 Å². The van der Waals surface area contributed by atoms with Crippen molar-refractivity contribution < 1.29 is 0 Å². The van der Waals surface area contributed by atoms with Crippen molar-refractivity contribution >= 4 is 11.8 Å². The molecule has 0 saturated carbocycles. The van der Waals surface area contributed by atoms with Crippen LogP contribution in [0.1, 0.15) is 40.0 Å². The average Bonchev–Trinajstić information content (AvgIpc) is 1.87. The van der Waals surface area contributed by atoms with Gasteiger partial charge in [0.05, 0.1) is 0 Å². The summed E-state index contributed by atoms with van der Waals surface area (Å²) in [4.78, 5) is 0. The molecule has 0 rings (SSSR count). The molecule has 0 amide bonds. The zero-order valence-corrected chi connectivity index (χ0v) is 8.26. The molecule has 0 aliphatic rings. The lowest BCUT2D eigenvalue weighted by molar-refractivity contribution is 0.778. The van der Waals surface area contributed by atoms with E-state index in [9.17, 15) is 0 Å². The fraction of sp³-hybridized carbons (Fsp3) is 0.889. The maximum absolute atomic E-state index is 2.25. The van der Waals surface area contributed by atoms with Crippen molar-refractivity contribution in [2.24, 2.45) is 0 Å². The Kier molecular flexibility index (Phi) is 7.72. The zero-order chi connectivity index (χ0) is 7.82. The Bertz CT molecular complexity index is 59.7. The molecular formula is C9H19S. The van der Waals surface area contributed by atoms with Crippen LogP contribution in [0.5, 0.6) is 0 Å². The van der Waals surface area contributed by atoms with Crippen LogP contribution in [0, 0.1) is 5.92 Å². The topological polar surface area (TPSA) is 0 Å². The van der Waals surface area contributed by atoms with Gasteiger partial charge in [0.15, 0.2) is 0 Å². The van der Waals surface area contributed by atoms with Gasteiger partial charge in [0.1, 0.15) is 0 Å². The average molecular weight is 159 g/mol. The minimum Gasteiger partial charge on any atom is -0.161 e. The van der Waals surface area contributed by atoms with Crippen LogP contribution < -0.4 is 0 Å². The monoisotopic (exact) mass is 159 g/mol. The lowest BCUT2D eigenvalue weighted by atomic mass is 10.3. The van der Waals surface area contributed by atoms with Gasteiger partial charge in [-0.1, -0.05) is 33.6 Å². The lowest BCUT2D eigenvalue weighted by Crippen LogP contribution is -1.89. The lowest BCUT2D eigenvalue weighted by Gasteiger charge is -2.02. The van der Waals surface area contributed by atoms with Gasteiger partial charge < -0.3 is 0 Å². The van der Waals surface area contributed by atoms with Gasteiger partial charge in [-0.3, -0.25) is 0 Å². The third-order valence-corrected chi connectivity index (χ3v) is 2.64. The molecule has 0 fully saturated rings. The highest BCUT2D eigenvalue weighted by Crippen LogP contribution is 2.11. The van der Waals surface area contributed by atoms with Crippen molar-refractivity contribution in [3.8, 4) is 0 Å². The summed E-state index contributed by atoms with van der Waals surface area (Å²) in [6.45, 7) is 6.65. The van der Waals surface area contributed by atoms with E-state index < -0.39 is 0 Å². The summed E-state index contributed by atoms with van der Waals surface area (Å²) in [5.74, 6) is 4.14. The van der Waals surface area contributed by atoms with Crippen LogP contribution in [0.15, 0.2) is 0 Å². The smallest absolute Gasteiger partial charge is 0.00107 e. The van der Waals surface area contributed by atoms with Crippen molar-refractivity contribution in [2.75, 3.05) is 11.5 Å². The summed E-state index contributed by atoms with van der Waals surface area (Å²) in [6, 6.07) is 0. The van der Waals surface area contributed by atoms with E-state index in [1.165, 1.54) is 30.8 Å². The minimum atomic E-state index is 1.25. The van der Waals surface area contributed by atoms with Crippen LogP contribution in [0.2, 0.25) is 0 Å². The molecule has 0 atom stereocenters. The first kappa shape index (κ1) is 10.3. The maximum atomic E-state index is 2.25. The van der Waals surface area contributed by atoms with Crippen LogP contribution in [0.25, 0.3) is 0 Å². The number of hydrogen-bond donors (Lipinski definition) is 0. The molecule has 0 bridgehead atoms. The Labute approximate surface area is 69.8 Å². The van der Waals surface area contributed by atoms with Gasteiger partial charge in [-0.25, -0.2) is 0 Å². The van der Waals surface area contributed by atoms with Gasteiger partial charge >= 0.3 is 0 Å². The quantitative estimate of drug-likeness (QED) is 0.534. The van der Waals surface area contributed by atoms with Crippen molar-refractivity contribution in [2.45, 2.75) is 40.0 Å².